The molecule has 0 spiro atoms. The minimum atomic E-state index is 0.717. The predicted octanol–water partition coefficient (Wildman–Crippen LogP) is 2.63. The third-order valence-electron chi connectivity index (χ3n) is 4.01. The van der Waals surface area contributed by atoms with Gasteiger partial charge >= 0.3 is 0 Å². The van der Waals surface area contributed by atoms with Gasteiger partial charge in [0.15, 0.2) is 5.65 Å². The number of nitrogens with zero attached hydrogens (tertiary/aromatic N) is 5. The highest BCUT2D eigenvalue weighted by Gasteiger charge is 2.18. The van der Waals surface area contributed by atoms with Crippen LogP contribution in [0.4, 0.5) is 5.95 Å². The maximum atomic E-state index is 5.39. The van der Waals surface area contributed by atoms with E-state index in [9.17, 15) is 0 Å². The van der Waals surface area contributed by atoms with Gasteiger partial charge in [-0.15, -0.1) is 0 Å². The van der Waals surface area contributed by atoms with Crippen molar-refractivity contribution in [1.29, 1.82) is 0 Å². The van der Waals surface area contributed by atoms with Crippen molar-refractivity contribution in [1.82, 2.24) is 19.5 Å². The molecule has 118 valence electrons. The topological polar surface area (TPSA) is 56.1 Å². The number of hydrogen-bond acceptors (Lipinski definition) is 5. The Morgan fingerprint density at radius 3 is 2.70 bits per heavy atom. The van der Waals surface area contributed by atoms with Crippen LogP contribution in [0.15, 0.2) is 34.9 Å². The van der Waals surface area contributed by atoms with Gasteiger partial charge in [-0.3, -0.25) is 0 Å². The number of fused-ring (bicyclic) bond motifs is 1. The number of anilines is 1. The first-order valence-electron chi connectivity index (χ1n) is 7.51. The maximum Gasteiger partial charge on any atom is 0.227 e. The van der Waals surface area contributed by atoms with Crippen LogP contribution in [0, 0.1) is 0 Å². The Hall–Kier alpha value is -1.99. The average molecular weight is 374 g/mol. The van der Waals surface area contributed by atoms with Crippen molar-refractivity contribution < 1.29 is 4.74 Å². The first kappa shape index (κ1) is 14.6. The monoisotopic (exact) mass is 373 g/mol. The molecule has 3 aromatic rings. The predicted molar refractivity (Wildman–Crippen MR) is 92.5 cm³/mol. The minimum absolute atomic E-state index is 0.717. The largest absolute Gasteiger partial charge is 0.378 e. The number of aryl methyl sites for hydroxylation is 1. The molecule has 0 atom stereocenters. The molecule has 1 saturated heterocycles. The molecule has 4 rings (SSSR count). The van der Waals surface area contributed by atoms with Gasteiger partial charge < -0.3 is 14.2 Å². The van der Waals surface area contributed by atoms with Crippen molar-refractivity contribution in [2.75, 3.05) is 31.2 Å². The van der Waals surface area contributed by atoms with E-state index in [4.69, 9.17) is 14.7 Å². The van der Waals surface area contributed by atoms with E-state index in [2.05, 4.69) is 25.8 Å². The van der Waals surface area contributed by atoms with Gasteiger partial charge in [0.2, 0.25) is 5.95 Å². The number of halogens is 1. The quantitative estimate of drug-likeness (QED) is 0.690. The van der Waals surface area contributed by atoms with Crippen LogP contribution < -0.4 is 4.90 Å². The molecule has 1 aliphatic heterocycles. The van der Waals surface area contributed by atoms with E-state index in [0.29, 0.717) is 0 Å². The lowest BCUT2D eigenvalue weighted by Gasteiger charge is -2.26. The van der Waals surface area contributed by atoms with Gasteiger partial charge in [-0.2, -0.15) is 4.98 Å². The Bertz CT molecular complexity index is 857. The normalized spacial score (nSPS) is 15.3. The van der Waals surface area contributed by atoms with Gasteiger partial charge in [0.25, 0.3) is 0 Å². The van der Waals surface area contributed by atoms with Crippen LogP contribution in [-0.4, -0.2) is 45.8 Å². The molecule has 0 radical (unpaired) electrons. The van der Waals surface area contributed by atoms with E-state index >= 15 is 0 Å². The van der Waals surface area contributed by atoms with Gasteiger partial charge in [0.1, 0.15) is 11.3 Å². The second-order valence-electron chi connectivity index (χ2n) is 5.45. The SMILES string of the molecule is Cn1c(-c2ccccc2Br)nc2cnc(N3CCOCC3)nc21. The summed E-state index contributed by atoms with van der Waals surface area (Å²) in [6.45, 7) is 3.07. The van der Waals surface area contributed by atoms with Crippen molar-refractivity contribution in [3.63, 3.8) is 0 Å². The molecule has 0 amide bonds. The molecule has 0 aliphatic carbocycles. The summed E-state index contributed by atoms with van der Waals surface area (Å²) >= 11 is 3.59. The summed E-state index contributed by atoms with van der Waals surface area (Å²) in [5.41, 5.74) is 2.68. The van der Waals surface area contributed by atoms with Crippen LogP contribution in [0.1, 0.15) is 0 Å². The molecule has 0 bridgehead atoms. The van der Waals surface area contributed by atoms with Crippen LogP contribution in [0.5, 0.6) is 0 Å². The smallest absolute Gasteiger partial charge is 0.227 e. The number of hydrogen-bond donors (Lipinski definition) is 0. The highest BCUT2D eigenvalue weighted by molar-refractivity contribution is 9.10. The molecule has 3 heterocycles. The molecule has 7 heteroatoms. The lowest BCUT2D eigenvalue weighted by molar-refractivity contribution is 0.122. The molecule has 1 aliphatic rings. The first-order valence-corrected chi connectivity index (χ1v) is 8.30. The van der Waals surface area contributed by atoms with Crippen LogP contribution in [0.2, 0.25) is 0 Å². The molecule has 0 N–H and O–H groups in total. The van der Waals surface area contributed by atoms with Crippen molar-refractivity contribution in [3.8, 4) is 11.4 Å². The fourth-order valence-electron chi connectivity index (χ4n) is 2.77. The zero-order valence-corrected chi connectivity index (χ0v) is 14.3. The standard InChI is InChI=1S/C16H16BrN5O/c1-21-14(11-4-2-3-5-12(11)17)19-13-10-18-16(20-15(13)21)22-6-8-23-9-7-22/h2-5,10H,6-9H2,1H3. The van der Waals surface area contributed by atoms with Gasteiger partial charge in [0, 0.05) is 30.2 Å². The number of imidazole rings is 1. The van der Waals surface area contributed by atoms with E-state index in [-0.39, 0.29) is 0 Å². The second-order valence-corrected chi connectivity index (χ2v) is 6.31. The zero-order chi connectivity index (χ0) is 15.8. The van der Waals surface area contributed by atoms with Crippen molar-refractivity contribution in [2.45, 2.75) is 0 Å². The number of aromatic nitrogens is 4. The number of ether oxygens (including phenoxy) is 1. The van der Waals surface area contributed by atoms with Crippen LogP contribution in [-0.2, 0) is 11.8 Å². The summed E-state index contributed by atoms with van der Waals surface area (Å²) in [5.74, 6) is 1.61. The Labute approximate surface area is 142 Å². The van der Waals surface area contributed by atoms with E-state index in [0.717, 1.165) is 59.3 Å². The summed E-state index contributed by atoms with van der Waals surface area (Å²) in [6.07, 6.45) is 1.80. The molecule has 6 nitrogen and oxygen atoms in total. The van der Waals surface area contributed by atoms with Crippen LogP contribution >= 0.6 is 15.9 Å². The highest BCUT2D eigenvalue weighted by Crippen LogP contribution is 2.29. The average Bonchev–Trinajstić information content (AvgIpc) is 2.92. The van der Waals surface area contributed by atoms with Gasteiger partial charge in [0.05, 0.1) is 19.4 Å². The summed E-state index contributed by atoms with van der Waals surface area (Å²) in [4.78, 5) is 16.0. The van der Waals surface area contributed by atoms with Gasteiger partial charge in [-0.05, 0) is 6.07 Å². The van der Waals surface area contributed by atoms with E-state index in [1.807, 2.05) is 35.9 Å². The number of morpholine rings is 1. The lowest BCUT2D eigenvalue weighted by atomic mass is 10.2. The number of benzene rings is 1. The van der Waals surface area contributed by atoms with Crippen molar-refractivity contribution >= 4 is 33.0 Å². The third kappa shape index (κ3) is 2.60. The number of rotatable bonds is 2. The molecule has 23 heavy (non-hydrogen) atoms. The molecule has 0 unspecified atom stereocenters. The summed E-state index contributed by atoms with van der Waals surface area (Å²) in [7, 11) is 1.99. The molecular formula is C16H16BrN5O. The van der Waals surface area contributed by atoms with E-state index in [1.165, 1.54) is 0 Å². The highest BCUT2D eigenvalue weighted by atomic mass is 79.9. The van der Waals surface area contributed by atoms with Crippen molar-refractivity contribution in [3.05, 3.63) is 34.9 Å². The molecule has 2 aromatic heterocycles. The van der Waals surface area contributed by atoms with E-state index < -0.39 is 0 Å². The van der Waals surface area contributed by atoms with Gasteiger partial charge in [-0.25, -0.2) is 9.97 Å². The lowest BCUT2D eigenvalue weighted by Crippen LogP contribution is -2.37. The molecular weight excluding hydrogens is 358 g/mol. The Kier molecular flexibility index (Phi) is 3.74. The summed E-state index contributed by atoms with van der Waals surface area (Å²) in [6, 6.07) is 8.05. The van der Waals surface area contributed by atoms with E-state index in [1.54, 1.807) is 6.20 Å². The Morgan fingerprint density at radius 1 is 1.13 bits per heavy atom. The zero-order valence-electron chi connectivity index (χ0n) is 12.7. The van der Waals surface area contributed by atoms with Crippen molar-refractivity contribution in [2.24, 2.45) is 7.05 Å². The minimum Gasteiger partial charge on any atom is -0.378 e. The fourth-order valence-corrected chi connectivity index (χ4v) is 3.23. The molecule has 1 fully saturated rings. The fraction of sp³-hybridized carbons (Fsp3) is 0.312. The Morgan fingerprint density at radius 2 is 1.91 bits per heavy atom. The maximum absolute atomic E-state index is 5.39. The summed E-state index contributed by atoms with van der Waals surface area (Å²) < 4.78 is 8.42. The summed E-state index contributed by atoms with van der Waals surface area (Å²) in [5, 5.41) is 0. The molecule has 1 aromatic carbocycles. The first-order chi connectivity index (χ1) is 11.2. The van der Waals surface area contributed by atoms with Crippen LogP contribution in [0.3, 0.4) is 0 Å². The molecule has 0 saturated carbocycles. The third-order valence-corrected chi connectivity index (χ3v) is 4.70. The van der Waals surface area contributed by atoms with Crippen LogP contribution in [0.25, 0.3) is 22.6 Å². The second kappa shape index (κ2) is 5.90. The Balaban J connectivity index is 1.80. The van der Waals surface area contributed by atoms with Gasteiger partial charge in [-0.1, -0.05) is 34.1 Å².